The molecule has 0 spiro atoms. The average Bonchev–Trinajstić information content (AvgIpc) is 2.46. The second-order valence-electron chi connectivity index (χ2n) is 6.69. The van der Waals surface area contributed by atoms with E-state index in [1.807, 2.05) is 12.4 Å². The van der Waals surface area contributed by atoms with Crippen molar-refractivity contribution in [1.82, 2.24) is 15.3 Å². The van der Waals surface area contributed by atoms with Crippen molar-refractivity contribution in [2.24, 2.45) is 5.92 Å². The van der Waals surface area contributed by atoms with Crippen LogP contribution < -0.4 is 10.2 Å². The molecule has 1 rings (SSSR count). The lowest BCUT2D eigenvalue weighted by atomic mass is 10.0. The molecule has 0 unspecified atom stereocenters. The normalized spacial score (nSPS) is 12.0. The molecule has 0 aliphatic rings. The van der Waals surface area contributed by atoms with Gasteiger partial charge < -0.3 is 10.2 Å². The maximum Gasteiger partial charge on any atom is 0.147 e. The van der Waals surface area contributed by atoms with Crippen LogP contribution in [0.1, 0.15) is 60.1 Å². The second kappa shape index (κ2) is 8.32. The van der Waals surface area contributed by atoms with Crippen molar-refractivity contribution in [1.29, 1.82) is 0 Å². The third-order valence-electron chi connectivity index (χ3n) is 3.81. The van der Waals surface area contributed by atoms with Crippen LogP contribution in [0.4, 0.5) is 5.82 Å². The van der Waals surface area contributed by atoms with Gasteiger partial charge in [-0.2, -0.15) is 0 Å². The van der Waals surface area contributed by atoms with Gasteiger partial charge in [0.05, 0.1) is 11.9 Å². The zero-order chi connectivity index (χ0) is 15.9. The monoisotopic (exact) mass is 292 g/mol. The first-order valence-corrected chi connectivity index (χ1v) is 8.20. The smallest absolute Gasteiger partial charge is 0.147 e. The number of hydrogen-bond acceptors (Lipinski definition) is 4. The minimum atomic E-state index is 0.0949. The summed E-state index contributed by atoms with van der Waals surface area (Å²) in [4.78, 5) is 11.5. The Morgan fingerprint density at radius 3 is 2.33 bits per heavy atom. The van der Waals surface area contributed by atoms with Gasteiger partial charge >= 0.3 is 0 Å². The topological polar surface area (TPSA) is 41.1 Å². The van der Waals surface area contributed by atoms with Crippen LogP contribution in [-0.2, 0) is 6.54 Å². The number of nitrogens with zero attached hydrogens (tertiary/aromatic N) is 3. The molecule has 0 atom stereocenters. The maximum absolute atomic E-state index is 4.77. The first-order chi connectivity index (χ1) is 9.89. The molecule has 1 aromatic heterocycles. The highest BCUT2D eigenvalue weighted by Gasteiger charge is 2.14. The molecule has 0 saturated carbocycles. The molecule has 0 fully saturated rings. The quantitative estimate of drug-likeness (QED) is 0.794. The molecule has 4 nitrogen and oxygen atoms in total. The fraction of sp³-hybridized carbons (Fsp3) is 0.765. The lowest BCUT2D eigenvalue weighted by Crippen LogP contribution is -2.35. The highest BCUT2D eigenvalue weighted by Crippen LogP contribution is 2.16. The summed E-state index contributed by atoms with van der Waals surface area (Å²) >= 11 is 0. The Balaban J connectivity index is 2.76. The van der Waals surface area contributed by atoms with Crippen LogP contribution in [0.2, 0.25) is 0 Å². The van der Waals surface area contributed by atoms with Crippen LogP contribution in [0.15, 0.2) is 12.4 Å². The largest absolute Gasteiger partial charge is 0.355 e. The van der Waals surface area contributed by atoms with E-state index in [-0.39, 0.29) is 5.54 Å². The predicted octanol–water partition coefficient (Wildman–Crippen LogP) is 3.63. The molecule has 1 N–H and O–H groups in total. The highest BCUT2D eigenvalue weighted by molar-refractivity contribution is 5.36. The molecule has 0 amide bonds. The summed E-state index contributed by atoms with van der Waals surface area (Å²) in [6, 6.07) is 0. The average molecular weight is 292 g/mol. The second-order valence-corrected chi connectivity index (χ2v) is 6.69. The molecule has 4 heteroatoms. The third kappa shape index (κ3) is 6.42. The van der Waals surface area contributed by atoms with Crippen molar-refractivity contribution < 1.29 is 0 Å². The molecular formula is C17H32N4. The molecule has 0 aromatic carbocycles. The molecule has 1 heterocycles. The Morgan fingerprint density at radius 1 is 1.14 bits per heavy atom. The molecule has 0 saturated heterocycles. The van der Waals surface area contributed by atoms with Gasteiger partial charge in [0.1, 0.15) is 5.82 Å². The number of nitrogens with one attached hydrogen (secondary N) is 1. The number of aromatic nitrogens is 2. The molecule has 21 heavy (non-hydrogen) atoms. The van der Waals surface area contributed by atoms with Crippen molar-refractivity contribution in [3.63, 3.8) is 0 Å². The van der Waals surface area contributed by atoms with Crippen molar-refractivity contribution in [2.75, 3.05) is 18.0 Å². The summed E-state index contributed by atoms with van der Waals surface area (Å²) in [7, 11) is 0. The van der Waals surface area contributed by atoms with Gasteiger partial charge in [-0.3, -0.25) is 4.98 Å². The predicted molar refractivity (Wildman–Crippen MR) is 90.6 cm³/mol. The molecule has 120 valence electrons. The Labute approximate surface area is 130 Å². The molecule has 0 radical (unpaired) electrons. The fourth-order valence-electron chi connectivity index (χ4n) is 2.23. The minimum absolute atomic E-state index is 0.0949. The summed E-state index contributed by atoms with van der Waals surface area (Å²) in [5.41, 5.74) is 1.10. The molecule has 0 aliphatic heterocycles. The number of anilines is 1. The molecule has 0 aliphatic carbocycles. The van der Waals surface area contributed by atoms with E-state index < -0.39 is 0 Å². The zero-order valence-corrected chi connectivity index (χ0v) is 14.6. The summed E-state index contributed by atoms with van der Waals surface area (Å²) in [5.74, 6) is 1.72. The van der Waals surface area contributed by atoms with Crippen molar-refractivity contribution in [3.8, 4) is 0 Å². The Bertz CT molecular complexity index is 407. The minimum Gasteiger partial charge on any atom is -0.355 e. The Kier molecular flexibility index (Phi) is 7.09. The highest BCUT2D eigenvalue weighted by atomic mass is 15.2. The first-order valence-electron chi connectivity index (χ1n) is 8.20. The van der Waals surface area contributed by atoms with Crippen molar-refractivity contribution in [3.05, 3.63) is 18.1 Å². The fourth-order valence-corrected chi connectivity index (χ4v) is 2.23. The summed E-state index contributed by atoms with van der Waals surface area (Å²) < 4.78 is 0. The molecule has 0 bridgehead atoms. The lowest BCUT2D eigenvalue weighted by Gasteiger charge is -2.26. The Morgan fingerprint density at radius 2 is 1.81 bits per heavy atom. The molecular weight excluding hydrogens is 260 g/mol. The van der Waals surface area contributed by atoms with Gasteiger partial charge in [0, 0.05) is 31.4 Å². The van der Waals surface area contributed by atoms with Crippen LogP contribution in [0, 0.1) is 5.92 Å². The van der Waals surface area contributed by atoms with E-state index in [0.29, 0.717) is 0 Å². The van der Waals surface area contributed by atoms with Crippen LogP contribution in [-0.4, -0.2) is 28.6 Å². The van der Waals surface area contributed by atoms with Gasteiger partial charge in [0.2, 0.25) is 0 Å². The van der Waals surface area contributed by atoms with E-state index in [4.69, 9.17) is 4.98 Å². The summed E-state index contributed by atoms with van der Waals surface area (Å²) in [5, 5.41) is 3.46. The van der Waals surface area contributed by atoms with Gasteiger partial charge in [-0.25, -0.2) is 4.98 Å². The maximum atomic E-state index is 4.77. The first kappa shape index (κ1) is 17.9. The van der Waals surface area contributed by atoms with Crippen LogP contribution >= 0.6 is 0 Å². The van der Waals surface area contributed by atoms with E-state index in [1.165, 1.54) is 12.8 Å². The lowest BCUT2D eigenvalue weighted by molar-refractivity contribution is 0.420. The Hall–Kier alpha value is -1.16. The van der Waals surface area contributed by atoms with Crippen LogP contribution in [0.5, 0.6) is 0 Å². The van der Waals surface area contributed by atoms with Crippen molar-refractivity contribution >= 4 is 5.82 Å². The number of hydrogen-bond donors (Lipinski definition) is 1. The van der Waals surface area contributed by atoms with E-state index in [2.05, 4.69) is 56.7 Å². The van der Waals surface area contributed by atoms with E-state index in [0.717, 1.165) is 37.1 Å². The molecule has 1 aromatic rings. The summed E-state index contributed by atoms with van der Waals surface area (Å²) in [6.07, 6.45) is 6.16. The van der Waals surface area contributed by atoms with Crippen molar-refractivity contribution in [2.45, 2.75) is 66.5 Å². The third-order valence-corrected chi connectivity index (χ3v) is 3.81. The van der Waals surface area contributed by atoms with Gasteiger partial charge in [-0.05, 0) is 33.6 Å². The van der Waals surface area contributed by atoms with Gasteiger partial charge in [0.15, 0.2) is 0 Å². The van der Waals surface area contributed by atoms with E-state index >= 15 is 0 Å². The van der Waals surface area contributed by atoms with Crippen LogP contribution in [0.25, 0.3) is 0 Å². The van der Waals surface area contributed by atoms with Gasteiger partial charge in [0.25, 0.3) is 0 Å². The summed E-state index contributed by atoms with van der Waals surface area (Å²) in [6.45, 7) is 16.0. The van der Waals surface area contributed by atoms with Gasteiger partial charge in [-0.1, -0.05) is 26.7 Å². The van der Waals surface area contributed by atoms with Crippen LogP contribution in [0.3, 0.4) is 0 Å². The zero-order valence-electron chi connectivity index (χ0n) is 14.6. The number of rotatable bonds is 8. The van der Waals surface area contributed by atoms with E-state index in [1.54, 1.807) is 0 Å². The standard InChI is InChI=1S/C17H32N4/c1-7-14(8-2)13-21(9-3)16-12-18-10-15(20-16)11-19-17(4,5)6/h10,12,14,19H,7-9,11,13H2,1-6H3. The SMILES string of the molecule is CCC(CC)CN(CC)c1cncc(CNC(C)(C)C)n1. The van der Waals surface area contributed by atoms with E-state index in [9.17, 15) is 0 Å². The van der Waals surface area contributed by atoms with Gasteiger partial charge in [-0.15, -0.1) is 0 Å².